The van der Waals surface area contributed by atoms with E-state index in [0.717, 1.165) is 5.82 Å². The van der Waals surface area contributed by atoms with Crippen molar-refractivity contribution in [3.8, 4) is 0 Å². The average Bonchev–Trinajstić information content (AvgIpc) is 2.16. The van der Waals surface area contributed by atoms with Crippen LogP contribution in [0.2, 0.25) is 0 Å². The predicted molar refractivity (Wildman–Crippen MR) is 64.9 cm³/mol. The summed E-state index contributed by atoms with van der Waals surface area (Å²) in [5.74, 6) is 1.39. The molecule has 0 aromatic carbocycles. The summed E-state index contributed by atoms with van der Waals surface area (Å²) < 4.78 is 5.47. The first-order valence-electron chi connectivity index (χ1n) is 4.95. The van der Waals surface area contributed by atoms with Gasteiger partial charge in [-0.25, -0.2) is 4.98 Å². The summed E-state index contributed by atoms with van der Waals surface area (Å²) in [6.45, 7) is 4.18. The third-order valence-corrected chi connectivity index (χ3v) is 2.15. The predicted octanol–water partition coefficient (Wildman–Crippen LogP) is 1.47. The molecule has 0 spiro atoms. The third kappa shape index (κ3) is 3.88. The van der Waals surface area contributed by atoms with Crippen LogP contribution in [0.1, 0.15) is 19.7 Å². The second-order valence-corrected chi connectivity index (χ2v) is 4.60. The molecule has 1 aromatic rings. The smallest absolute Gasteiger partial charge is 0.135 e. The molecule has 6 heteroatoms. The van der Waals surface area contributed by atoms with Crippen molar-refractivity contribution >= 4 is 18.0 Å². The summed E-state index contributed by atoms with van der Waals surface area (Å²) in [6.07, 6.45) is 0. The van der Waals surface area contributed by atoms with Gasteiger partial charge in [-0.2, -0.15) is 0 Å². The van der Waals surface area contributed by atoms with E-state index in [4.69, 9.17) is 22.1 Å². The Bertz CT molecular complexity index is 403. The molecule has 0 saturated carbocycles. The number of hydrogen-bond acceptors (Lipinski definition) is 5. The highest BCUT2D eigenvalue weighted by atomic mass is 32.1. The highest BCUT2D eigenvalue weighted by molar-refractivity contribution is 7.71. The van der Waals surface area contributed by atoms with E-state index in [2.05, 4.69) is 15.3 Å². The molecule has 0 atom stereocenters. The molecule has 3 N–H and O–H groups in total. The van der Waals surface area contributed by atoms with Gasteiger partial charge in [0.25, 0.3) is 0 Å². The van der Waals surface area contributed by atoms with Crippen LogP contribution in [-0.4, -0.2) is 34.3 Å². The normalized spacial score (nSPS) is 11.5. The van der Waals surface area contributed by atoms with Crippen LogP contribution < -0.4 is 5.32 Å². The average molecular weight is 243 g/mol. The van der Waals surface area contributed by atoms with E-state index in [0.29, 0.717) is 17.1 Å². The van der Waals surface area contributed by atoms with E-state index in [1.54, 1.807) is 13.2 Å². The molecule has 16 heavy (non-hydrogen) atoms. The molecule has 0 fully saturated rings. The molecule has 0 aliphatic rings. The van der Waals surface area contributed by atoms with Gasteiger partial charge >= 0.3 is 0 Å². The number of ether oxygens (including phenoxy) is 1. The number of nitrogens with zero attached hydrogens (tertiary/aromatic N) is 1. The Labute approximate surface area is 99.9 Å². The van der Waals surface area contributed by atoms with E-state index in [1.165, 1.54) is 0 Å². The van der Waals surface area contributed by atoms with Crippen molar-refractivity contribution in [2.75, 3.05) is 19.0 Å². The van der Waals surface area contributed by atoms with Gasteiger partial charge < -0.3 is 20.1 Å². The number of aliphatic hydroxyl groups excluding tert-OH is 1. The van der Waals surface area contributed by atoms with Crippen molar-refractivity contribution in [3.05, 3.63) is 16.5 Å². The number of aliphatic hydroxyl groups is 1. The molecule has 0 aliphatic carbocycles. The molecule has 0 amide bonds. The molecule has 1 rings (SSSR count). The van der Waals surface area contributed by atoms with Crippen LogP contribution in [0.25, 0.3) is 0 Å². The fraction of sp³-hybridized carbons (Fsp3) is 0.600. The maximum Gasteiger partial charge on any atom is 0.135 e. The lowest BCUT2D eigenvalue weighted by molar-refractivity contribution is 0.177. The summed E-state index contributed by atoms with van der Waals surface area (Å²) in [4.78, 5) is 7.16. The molecule has 1 heterocycles. The van der Waals surface area contributed by atoms with E-state index in [9.17, 15) is 0 Å². The molecule has 0 radical (unpaired) electrons. The van der Waals surface area contributed by atoms with Crippen molar-refractivity contribution in [2.24, 2.45) is 0 Å². The SMILES string of the molecule is COCc1nc(=S)cc(NC(C)(C)CO)[nH]1. The van der Waals surface area contributed by atoms with Crippen molar-refractivity contribution in [2.45, 2.75) is 26.0 Å². The zero-order chi connectivity index (χ0) is 12.2. The summed E-state index contributed by atoms with van der Waals surface area (Å²) >= 11 is 5.04. The van der Waals surface area contributed by atoms with Crippen LogP contribution >= 0.6 is 12.2 Å². The van der Waals surface area contributed by atoms with E-state index in [-0.39, 0.29) is 6.61 Å². The number of H-pyrrole nitrogens is 1. The zero-order valence-electron chi connectivity index (χ0n) is 9.70. The molecule has 0 saturated heterocycles. The summed E-state index contributed by atoms with van der Waals surface area (Å²) in [7, 11) is 1.59. The van der Waals surface area contributed by atoms with Gasteiger partial charge in [-0.15, -0.1) is 0 Å². The van der Waals surface area contributed by atoms with Gasteiger partial charge in [0.1, 0.15) is 22.9 Å². The van der Waals surface area contributed by atoms with Gasteiger partial charge in [-0.3, -0.25) is 0 Å². The van der Waals surface area contributed by atoms with E-state index in [1.807, 2.05) is 13.8 Å². The third-order valence-electron chi connectivity index (χ3n) is 1.94. The minimum Gasteiger partial charge on any atom is -0.394 e. The lowest BCUT2D eigenvalue weighted by Crippen LogP contribution is -2.35. The van der Waals surface area contributed by atoms with Gasteiger partial charge in [-0.05, 0) is 13.8 Å². The minimum atomic E-state index is -0.413. The van der Waals surface area contributed by atoms with Crippen LogP contribution in [0.4, 0.5) is 5.82 Å². The first-order valence-corrected chi connectivity index (χ1v) is 5.36. The Kier molecular flexibility index (Phi) is 4.40. The maximum atomic E-state index is 9.15. The Morgan fingerprint density at radius 3 is 2.88 bits per heavy atom. The Hall–Kier alpha value is -0.980. The molecule has 1 aromatic heterocycles. The Balaban J connectivity index is 2.92. The van der Waals surface area contributed by atoms with Gasteiger partial charge in [0.2, 0.25) is 0 Å². The minimum absolute atomic E-state index is 0.0233. The zero-order valence-corrected chi connectivity index (χ0v) is 10.5. The number of rotatable bonds is 5. The fourth-order valence-corrected chi connectivity index (χ4v) is 1.41. The molecule has 0 unspecified atom stereocenters. The van der Waals surface area contributed by atoms with Crippen LogP contribution in [-0.2, 0) is 11.3 Å². The monoisotopic (exact) mass is 243 g/mol. The van der Waals surface area contributed by atoms with Gasteiger partial charge in [0, 0.05) is 13.2 Å². The van der Waals surface area contributed by atoms with Gasteiger partial charge in [0.05, 0.1) is 12.1 Å². The standard InChI is InChI=1S/C10H17N3O2S/c1-10(2,6-14)13-7-4-9(16)12-8(11-7)5-15-3/h4,14H,5-6H2,1-3H3,(H2,11,12,13,16). The van der Waals surface area contributed by atoms with Crippen molar-refractivity contribution in [1.29, 1.82) is 0 Å². The quantitative estimate of drug-likeness (QED) is 0.683. The second kappa shape index (κ2) is 5.38. The van der Waals surface area contributed by atoms with Gasteiger partial charge in [0.15, 0.2) is 0 Å². The highest BCUT2D eigenvalue weighted by Crippen LogP contribution is 2.12. The van der Waals surface area contributed by atoms with Crippen molar-refractivity contribution in [3.63, 3.8) is 0 Å². The second-order valence-electron chi connectivity index (χ2n) is 4.18. The summed E-state index contributed by atoms with van der Waals surface area (Å²) in [6, 6.07) is 1.71. The summed E-state index contributed by atoms with van der Waals surface area (Å²) in [5.41, 5.74) is -0.413. The topological polar surface area (TPSA) is 70.2 Å². The first-order chi connectivity index (χ1) is 7.46. The lowest BCUT2D eigenvalue weighted by atomic mass is 10.1. The van der Waals surface area contributed by atoms with Crippen LogP contribution in [0.15, 0.2) is 6.07 Å². The fourth-order valence-electron chi connectivity index (χ4n) is 1.18. The summed E-state index contributed by atoms with van der Waals surface area (Å²) in [5, 5.41) is 12.3. The van der Waals surface area contributed by atoms with Crippen molar-refractivity contribution in [1.82, 2.24) is 9.97 Å². The molecule has 5 nitrogen and oxygen atoms in total. The number of methoxy groups -OCH3 is 1. The molecule has 0 aliphatic heterocycles. The Morgan fingerprint density at radius 2 is 2.31 bits per heavy atom. The lowest BCUT2D eigenvalue weighted by Gasteiger charge is -2.24. The van der Waals surface area contributed by atoms with Crippen LogP contribution in [0, 0.1) is 4.64 Å². The Morgan fingerprint density at radius 1 is 1.62 bits per heavy atom. The maximum absolute atomic E-state index is 9.15. The molecular weight excluding hydrogens is 226 g/mol. The van der Waals surface area contributed by atoms with E-state index >= 15 is 0 Å². The molecular formula is C10H17N3O2S. The van der Waals surface area contributed by atoms with Crippen molar-refractivity contribution < 1.29 is 9.84 Å². The largest absolute Gasteiger partial charge is 0.394 e. The number of aromatic nitrogens is 2. The van der Waals surface area contributed by atoms with E-state index < -0.39 is 5.54 Å². The highest BCUT2D eigenvalue weighted by Gasteiger charge is 2.16. The molecule has 90 valence electrons. The molecule has 0 bridgehead atoms. The van der Waals surface area contributed by atoms with Crippen LogP contribution in [0.3, 0.4) is 0 Å². The van der Waals surface area contributed by atoms with Crippen LogP contribution in [0.5, 0.6) is 0 Å². The first kappa shape index (κ1) is 13.1. The number of hydrogen-bond donors (Lipinski definition) is 3. The number of aromatic amines is 1. The number of anilines is 1. The number of nitrogens with one attached hydrogen (secondary N) is 2. The van der Waals surface area contributed by atoms with Gasteiger partial charge in [-0.1, -0.05) is 12.2 Å².